The van der Waals surface area contributed by atoms with Crippen LogP contribution in [0.4, 0.5) is 5.69 Å². The van der Waals surface area contributed by atoms with Crippen LogP contribution >= 0.6 is 11.8 Å². The van der Waals surface area contributed by atoms with Crippen molar-refractivity contribution in [3.05, 3.63) is 78.1 Å². The molecule has 0 unspecified atom stereocenters. The normalized spacial score (nSPS) is 11.0. The minimum atomic E-state index is -0.159. The summed E-state index contributed by atoms with van der Waals surface area (Å²) in [4.78, 5) is 17.5. The van der Waals surface area contributed by atoms with Crippen molar-refractivity contribution in [1.29, 1.82) is 0 Å². The van der Waals surface area contributed by atoms with Gasteiger partial charge in [-0.1, -0.05) is 42.0 Å². The smallest absolute Gasteiger partial charge is 0.248 e. The van der Waals surface area contributed by atoms with E-state index in [1.165, 1.54) is 17.3 Å². The zero-order chi connectivity index (χ0) is 17.6. The number of hydrogen-bond donors (Lipinski definition) is 1. The number of benzene rings is 2. The fourth-order valence-electron chi connectivity index (χ4n) is 2.23. The molecule has 1 aromatic heterocycles. The molecule has 126 valence electrons. The van der Waals surface area contributed by atoms with Crippen LogP contribution in [0.1, 0.15) is 11.1 Å². The van der Waals surface area contributed by atoms with E-state index in [0.29, 0.717) is 0 Å². The molecule has 0 atom stereocenters. The predicted octanol–water partition coefficient (Wildman–Crippen LogP) is 4.53. The monoisotopic (exact) mass is 349 g/mol. The van der Waals surface area contributed by atoms with Gasteiger partial charge in [-0.3, -0.25) is 4.79 Å². The summed E-state index contributed by atoms with van der Waals surface area (Å²) in [6, 6.07) is 15.7. The van der Waals surface area contributed by atoms with Crippen LogP contribution in [0.2, 0.25) is 0 Å². The van der Waals surface area contributed by atoms with Crippen molar-refractivity contribution in [2.75, 3.05) is 5.32 Å². The number of rotatable bonds is 5. The van der Waals surface area contributed by atoms with Crippen LogP contribution in [0.15, 0.2) is 77.1 Å². The van der Waals surface area contributed by atoms with Crippen LogP contribution in [-0.4, -0.2) is 15.5 Å². The van der Waals surface area contributed by atoms with Crippen molar-refractivity contribution in [2.45, 2.75) is 17.0 Å². The summed E-state index contributed by atoms with van der Waals surface area (Å²) in [5, 5.41) is 3.81. The zero-order valence-corrected chi connectivity index (χ0v) is 15.0. The minimum Gasteiger partial charge on any atom is -0.329 e. The van der Waals surface area contributed by atoms with E-state index in [2.05, 4.69) is 10.3 Å². The number of nitrogens with one attached hydrogen (secondary N) is 1. The van der Waals surface area contributed by atoms with Gasteiger partial charge in [-0.05, 0) is 42.5 Å². The molecule has 0 radical (unpaired) electrons. The Kier molecular flexibility index (Phi) is 5.36. The number of para-hydroxylation sites is 1. The second-order valence-corrected chi connectivity index (χ2v) is 6.66. The predicted molar refractivity (Wildman–Crippen MR) is 103 cm³/mol. The number of amides is 1. The van der Waals surface area contributed by atoms with Gasteiger partial charge in [0, 0.05) is 30.4 Å². The van der Waals surface area contributed by atoms with Gasteiger partial charge in [0.05, 0.1) is 5.69 Å². The molecule has 3 rings (SSSR count). The Morgan fingerprint density at radius 1 is 1.16 bits per heavy atom. The van der Waals surface area contributed by atoms with E-state index in [0.717, 1.165) is 21.3 Å². The molecule has 0 saturated carbocycles. The van der Waals surface area contributed by atoms with Gasteiger partial charge in [-0.25, -0.2) is 4.98 Å². The highest BCUT2D eigenvalue weighted by atomic mass is 32.2. The topological polar surface area (TPSA) is 46.9 Å². The number of aromatic nitrogens is 2. The number of anilines is 1. The van der Waals surface area contributed by atoms with E-state index in [1.54, 1.807) is 12.3 Å². The van der Waals surface area contributed by atoms with Crippen LogP contribution < -0.4 is 5.32 Å². The third kappa shape index (κ3) is 4.61. The molecule has 0 spiro atoms. The second kappa shape index (κ2) is 7.85. The van der Waals surface area contributed by atoms with Crippen LogP contribution in [-0.2, 0) is 11.8 Å². The molecule has 0 saturated heterocycles. The summed E-state index contributed by atoms with van der Waals surface area (Å²) in [5.41, 5.74) is 2.97. The van der Waals surface area contributed by atoms with Gasteiger partial charge in [0.1, 0.15) is 0 Å². The molecule has 5 heteroatoms. The molecule has 1 heterocycles. The Hall–Kier alpha value is -2.79. The third-order valence-corrected chi connectivity index (χ3v) is 4.78. The van der Waals surface area contributed by atoms with Gasteiger partial charge in [-0.2, -0.15) is 0 Å². The lowest BCUT2D eigenvalue weighted by molar-refractivity contribution is -0.111. The Morgan fingerprint density at radius 2 is 1.92 bits per heavy atom. The van der Waals surface area contributed by atoms with Crippen molar-refractivity contribution in [3.63, 3.8) is 0 Å². The Labute approximate surface area is 151 Å². The standard InChI is InChI=1S/C20H19N3OS/c1-15-7-9-16(10-8-15)11-12-19(24)22-17-5-3-4-6-18(17)25-20-21-13-14-23(20)2/h3-14H,1-2H3,(H,22,24)/b12-11-. The highest BCUT2D eigenvalue weighted by molar-refractivity contribution is 7.99. The van der Waals surface area contributed by atoms with E-state index in [1.807, 2.05) is 79.3 Å². The number of carbonyl (C=O) groups excluding carboxylic acids is 1. The van der Waals surface area contributed by atoms with E-state index in [9.17, 15) is 4.79 Å². The van der Waals surface area contributed by atoms with E-state index < -0.39 is 0 Å². The van der Waals surface area contributed by atoms with Crippen LogP contribution in [0.3, 0.4) is 0 Å². The van der Waals surface area contributed by atoms with E-state index in [-0.39, 0.29) is 5.91 Å². The van der Waals surface area contributed by atoms with Gasteiger partial charge in [0.15, 0.2) is 5.16 Å². The van der Waals surface area contributed by atoms with Crippen molar-refractivity contribution in [1.82, 2.24) is 9.55 Å². The van der Waals surface area contributed by atoms with Crippen molar-refractivity contribution >= 4 is 29.4 Å². The maximum absolute atomic E-state index is 12.2. The van der Waals surface area contributed by atoms with Crippen LogP contribution in [0.25, 0.3) is 6.08 Å². The van der Waals surface area contributed by atoms with Crippen LogP contribution in [0, 0.1) is 6.92 Å². The maximum atomic E-state index is 12.2. The first-order valence-electron chi connectivity index (χ1n) is 7.92. The molecule has 0 aliphatic carbocycles. The first-order valence-corrected chi connectivity index (χ1v) is 8.73. The second-order valence-electron chi connectivity index (χ2n) is 5.65. The molecule has 0 aliphatic heterocycles. The number of hydrogen-bond acceptors (Lipinski definition) is 3. The van der Waals surface area contributed by atoms with Crippen molar-refractivity contribution in [2.24, 2.45) is 7.05 Å². The largest absolute Gasteiger partial charge is 0.329 e. The highest BCUT2D eigenvalue weighted by Crippen LogP contribution is 2.32. The first-order chi connectivity index (χ1) is 12.1. The minimum absolute atomic E-state index is 0.159. The SMILES string of the molecule is Cc1ccc(/C=C\C(=O)Nc2ccccc2Sc2nccn2C)cc1. The lowest BCUT2D eigenvalue weighted by Gasteiger charge is -2.09. The van der Waals surface area contributed by atoms with Gasteiger partial charge >= 0.3 is 0 Å². The molecule has 3 aromatic rings. The van der Waals surface area contributed by atoms with Crippen molar-refractivity contribution < 1.29 is 4.79 Å². The Balaban J connectivity index is 1.71. The van der Waals surface area contributed by atoms with Gasteiger partial charge in [0.25, 0.3) is 0 Å². The molecule has 25 heavy (non-hydrogen) atoms. The molecule has 2 aromatic carbocycles. The lowest BCUT2D eigenvalue weighted by Crippen LogP contribution is -2.08. The van der Waals surface area contributed by atoms with Gasteiger partial charge in [0.2, 0.25) is 5.91 Å². The summed E-state index contributed by atoms with van der Waals surface area (Å²) in [7, 11) is 1.95. The summed E-state index contributed by atoms with van der Waals surface area (Å²) in [5.74, 6) is -0.159. The quantitative estimate of drug-likeness (QED) is 0.688. The number of carbonyl (C=O) groups is 1. The number of aryl methyl sites for hydroxylation is 2. The summed E-state index contributed by atoms with van der Waals surface area (Å²) in [6.07, 6.45) is 7.01. The maximum Gasteiger partial charge on any atom is 0.248 e. The summed E-state index contributed by atoms with van der Waals surface area (Å²) < 4.78 is 1.95. The molecule has 1 amide bonds. The Bertz CT molecular complexity index is 897. The third-order valence-electron chi connectivity index (χ3n) is 3.63. The summed E-state index contributed by atoms with van der Waals surface area (Å²) in [6.45, 7) is 2.04. The van der Waals surface area contributed by atoms with E-state index >= 15 is 0 Å². The lowest BCUT2D eigenvalue weighted by atomic mass is 10.1. The Morgan fingerprint density at radius 3 is 2.64 bits per heavy atom. The zero-order valence-electron chi connectivity index (χ0n) is 14.1. The molecule has 0 bridgehead atoms. The first kappa shape index (κ1) is 17.0. The number of imidazole rings is 1. The van der Waals surface area contributed by atoms with Crippen LogP contribution in [0.5, 0.6) is 0 Å². The molecule has 0 aliphatic rings. The summed E-state index contributed by atoms with van der Waals surface area (Å²) >= 11 is 1.52. The fraction of sp³-hybridized carbons (Fsp3) is 0.100. The average Bonchev–Trinajstić information content (AvgIpc) is 3.01. The molecule has 0 fully saturated rings. The number of nitrogens with zero attached hydrogens (tertiary/aromatic N) is 2. The fourth-order valence-corrected chi connectivity index (χ4v) is 3.12. The van der Waals surface area contributed by atoms with E-state index in [4.69, 9.17) is 0 Å². The molecular formula is C20H19N3OS. The van der Waals surface area contributed by atoms with Gasteiger partial charge < -0.3 is 9.88 Å². The average molecular weight is 349 g/mol. The van der Waals surface area contributed by atoms with Crippen molar-refractivity contribution in [3.8, 4) is 0 Å². The molecular weight excluding hydrogens is 330 g/mol. The molecule has 4 nitrogen and oxygen atoms in total. The van der Waals surface area contributed by atoms with Gasteiger partial charge in [-0.15, -0.1) is 0 Å². The molecule has 1 N–H and O–H groups in total. The highest BCUT2D eigenvalue weighted by Gasteiger charge is 2.08.